The Bertz CT molecular complexity index is 910. The molecule has 96 valence electrons. The van der Waals surface area contributed by atoms with Crippen LogP contribution in [0, 0.1) is 0 Å². The van der Waals surface area contributed by atoms with Crippen molar-refractivity contribution in [3.8, 4) is 5.75 Å². The molecule has 0 fully saturated rings. The third kappa shape index (κ3) is 1.55. The summed E-state index contributed by atoms with van der Waals surface area (Å²) in [6, 6.07) is 5.03. The number of hydrogen-bond acceptors (Lipinski definition) is 6. The second-order valence-electron chi connectivity index (χ2n) is 3.90. The summed E-state index contributed by atoms with van der Waals surface area (Å²) >= 11 is 0. The van der Waals surface area contributed by atoms with Gasteiger partial charge in [0.1, 0.15) is 0 Å². The first kappa shape index (κ1) is 11.3. The topological polar surface area (TPSA) is 111 Å². The molecule has 7 nitrogen and oxygen atoms in total. The largest absolute Gasteiger partial charge is 0.493 e. The number of aromatic amines is 1. The van der Waals surface area contributed by atoms with Crippen LogP contribution in [0.5, 0.6) is 5.75 Å². The van der Waals surface area contributed by atoms with Gasteiger partial charge in [-0.05, 0) is 12.1 Å². The summed E-state index contributed by atoms with van der Waals surface area (Å²) in [5.74, 6) is 0.323. The van der Waals surface area contributed by atoms with Crippen molar-refractivity contribution in [3.05, 3.63) is 39.0 Å². The summed E-state index contributed by atoms with van der Waals surface area (Å²) in [6.45, 7) is 0. The van der Waals surface area contributed by atoms with Crippen LogP contribution in [-0.4, -0.2) is 17.1 Å². The molecule has 7 heteroatoms. The van der Waals surface area contributed by atoms with Crippen LogP contribution in [0.15, 0.2) is 32.2 Å². The number of aromatic nitrogens is 2. The maximum atomic E-state index is 11.9. The van der Waals surface area contributed by atoms with Gasteiger partial charge in [0, 0.05) is 5.39 Å². The molecular weight excluding hydrogens is 250 g/mol. The molecule has 0 spiro atoms. The van der Waals surface area contributed by atoms with Gasteiger partial charge in [-0.25, -0.2) is 9.78 Å². The van der Waals surface area contributed by atoms with Gasteiger partial charge in [0.05, 0.1) is 12.6 Å². The van der Waals surface area contributed by atoms with Crippen LogP contribution in [0.3, 0.4) is 0 Å². The van der Waals surface area contributed by atoms with Crippen molar-refractivity contribution in [2.24, 2.45) is 0 Å². The van der Waals surface area contributed by atoms with Crippen LogP contribution in [-0.2, 0) is 0 Å². The Balaban J connectivity index is 2.68. The van der Waals surface area contributed by atoms with Crippen molar-refractivity contribution in [3.63, 3.8) is 0 Å². The molecule has 0 saturated heterocycles. The molecule has 3 aromatic rings. The minimum absolute atomic E-state index is 0.0628. The number of para-hydroxylation sites is 1. The van der Waals surface area contributed by atoms with E-state index in [1.54, 1.807) is 18.2 Å². The molecule has 2 aromatic heterocycles. The molecule has 3 N–H and O–H groups in total. The van der Waals surface area contributed by atoms with E-state index in [2.05, 4.69) is 9.97 Å². The molecule has 0 aliphatic rings. The third-order valence-corrected chi connectivity index (χ3v) is 2.79. The lowest BCUT2D eigenvalue weighted by Gasteiger charge is -2.05. The molecule has 0 unspecified atom stereocenters. The summed E-state index contributed by atoms with van der Waals surface area (Å²) in [6.07, 6.45) is 0. The van der Waals surface area contributed by atoms with Gasteiger partial charge >= 0.3 is 5.63 Å². The second kappa shape index (κ2) is 3.84. The molecule has 0 saturated carbocycles. The predicted octanol–water partition coefficient (Wildman–Crippen LogP) is 0.620. The number of ether oxygens (including phenoxy) is 1. The third-order valence-electron chi connectivity index (χ3n) is 2.79. The number of nitrogens with one attached hydrogen (secondary N) is 1. The van der Waals surface area contributed by atoms with Crippen LogP contribution < -0.4 is 21.7 Å². The fraction of sp³-hybridized carbons (Fsp3) is 0.0833. The van der Waals surface area contributed by atoms with Crippen molar-refractivity contribution < 1.29 is 9.15 Å². The number of benzene rings is 1. The van der Waals surface area contributed by atoms with Gasteiger partial charge in [-0.3, -0.25) is 9.78 Å². The van der Waals surface area contributed by atoms with Crippen LogP contribution in [0.4, 0.5) is 5.95 Å². The number of nitrogens with two attached hydrogens (primary N) is 1. The van der Waals surface area contributed by atoms with Crippen molar-refractivity contribution >= 4 is 27.8 Å². The Morgan fingerprint density at radius 2 is 2.16 bits per heavy atom. The van der Waals surface area contributed by atoms with E-state index in [1.807, 2.05) is 0 Å². The van der Waals surface area contributed by atoms with E-state index in [9.17, 15) is 9.59 Å². The summed E-state index contributed by atoms with van der Waals surface area (Å²) in [7, 11) is 1.46. The summed E-state index contributed by atoms with van der Waals surface area (Å²) in [5.41, 5.74) is 4.54. The fourth-order valence-corrected chi connectivity index (χ4v) is 1.99. The van der Waals surface area contributed by atoms with Crippen LogP contribution in [0.1, 0.15) is 0 Å². The van der Waals surface area contributed by atoms with Crippen molar-refractivity contribution in [1.82, 2.24) is 9.97 Å². The zero-order valence-corrected chi connectivity index (χ0v) is 9.89. The lowest BCUT2D eigenvalue weighted by atomic mass is 10.1. The Kier molecular flexibility index (Phi) is 2.28. The van der Waals surface area contributed by atoms with Gasteiger partial charge in [-0.1, -0.05) is 6.07 Å². The first-order chi connectivity index (χ1) is 9.11. The van der Waals surface area contributed by atoms with E-state index in [-0.39, 0.29) is 22.4 Å². The molecule has 19 heavy (non-hydrogen) atoms. The number of nitrogen functional groups attached to an aromatic ring is 1. The Labute approximate surface area is 105 Å². The minimum atomic E-state index is -0.777. The molecule has 0 amide bonds. The van der Waals surface area contributed by atoms with Crippen molar-refractivity contribution in [1.29, 1.82) is 0 Å². The number of hydrogen-bond donors (Lipinski definition) is 2. The molecule has 0 aliphatic carbocycles. The molecule has 3 rings (SSSR count). The predicted molar refractivity (Wildman–Crippen MR) is 69.4 cm³/mol. The van der Waals surface area contributed by atoms with Gasteiger partial charge < -0.3 is 14.9 Å². The van der Waals surface area contributed by atoms with E-state index < -0.39 is 11.2 Å². The van der Waals surface area contributed by atoms with E-state index in [0.717, 1.165) is 0 Å². The zero-order valence-electron chi connectivity index (χ0n) is 9.89. The van der Waals surface area contributed by atoms with E-state index in [1.165, 1.54) is 7.11 Å². The highest BCUT2D eigenvalue weighted by molar-refractivity contribution is 6.03. The Morgan fingerprint density at radius 3 is 2.89 bits per heavy atom. The molecular formula is C12H9N3O4. The Hall–Kier alpha value is -2.83. The SMILES string of the molecule is COc1cccc2c1oc(=O)c1c(=O)[nH]c(N)nc12. The lowest BCUT2D eigenvalue weighted by Crippen LogP contribution is -2.18. The quantitative estimate of drug-likeness (QED) is 0.489. The van der Waals surface area contributed by atoms with Gasteiger partial charge in [0.15, 0.2) is 16.7 Å². The Morgan fingerprint density at radius 1 is 1.37 bits per heavy atom. The lowest BCUT2D eigenvalue weighted by molar-refractivity contribution is 0.407. The van der Waals surface area contributed by atoms with Crippen molar-refractivity contribution in [2.45, 2.75) is 0 Å². The smallest absolute Gasteiger partial charge is 0.351 e. The molecule has 2 heterocycles. The summed E-state index contributed by atoms with van der Waals surface area (Å²) in [4.78, 5) is 29.9. The van der Waals surface area contributed by atoms with Gasteiger partial charge in [-0.2, -0.15) is 0 Å². The zero-order chi connectivity index (χ0) is 13.6. The van der Waals surface area contributed by atoms with Crippen LogP contribution >= 0.6 is 0 Å². The van der Waals surface area contributed by atoms with Gasteiger partial charge in [-0.15, -0.1) is 0 Å². The minimum Gasteiger partial charge on any atom is -0.493 e. The van der Waals surface area contributed by atoms with Gasteiger partial charge in [0.25, 0.3) is 5.56 Å². The van der Waals surface area contributed by atoms with E-state index in [0.29, 0.717) is 11.1 Å². The standard InChI is InChI=1S/C12H9N3O4/c1-18-6-4-2-3-5-8-7(11(17)19-9(5)6)10(16)15-12(13)14-8/h2-4H,1H3,(H3,13,14,15,16). The number of nitrogens with zero attached hydrogens (tertiary/aromatic N) is 1. The molecule has 0 bridgehead atoms. The fourth-order valence-electron chi connectivity index (χ4n) is 1.99. The number of anilines is 1. The maximum Gasteiger partial charge on any atom is 0.351 e. The second-order valence-corrected chi connectivity index (χ2v) is 3.90. The number of H-pyrrole nitrogens is 1. The summed E-state index contributed by atoms with van der Waals surface area (Å²) < 4.78 is 10.3. The first-order valence-corrected chi connectivity index (χ1v) is 5.41. The monoisotopic (exact) mass is 259 g/mol. The highest BCUT2D eigenvalue weighted by atomic mass is 16.5. The number of rotatable bonds is 1. The molecule has 1 aromatic carbocycles. The highest BCUT2D eigenvalue weighted by Gasteiger charge is 2.15. The van der Waals surface area contributed by atoms with E-state index in [4.69, 9.17) is 14.9 Å². The van der Waals surface area contributed by atoms with E-state index >= 15 is 0 Å². The van der Waals surface area contributed by atoms with Crippen LogP contribution in [0.25, 0.3) is 21.9 Å². The normalized spacial score (nSPS) is 11.0. The average molecular weight is 259 g/mol. The maximum absolute atomic E-state index is 11.9. The highest BCUT2D eigenvalue weighted by Crippen LogP contribution is 2.27. The molecule has 0 radical (unpaired) electrons. The first-order valence-electron chi connectivity index (χ1n) is 5.41. The average Bonchev–Trinajstić information content (AvgIpc) is 2.37. The summed E-state index contributed by atoms with van der Waals surface area (Å²) in [5, 5.41) is 0.335. The number of methoxy groups -OCH3 is 1. The molecule has 0 atom stereocenters. The van der Waals surface area contributed by atoms with Crippen LogP contribution in [0.2, 0.25) is 0 Å². The molecule has 0 aliphatic heterocycles. The van der Waals surface area contributed by atoms with Gasteiger partial charge in [0.2, 0.25) is 5.95 Å². The van der Waals surface area contributed by atoms with Crippen molar-refractivity contribution in [2.75, 3.05) is 12.8 Å². The number of fused-ring (bicyclic) bond motifs is 3.